The van der Waals surface area contributed by atoms with Crippen molar-refractivity contribution in [3.05, 3.63) is 30.3 Å². The Labute approximate surface area is 93.1 Å². The number of hydrogen-bond acceptors (Lipinski definition) is 3. The van der Waals surface area contributed by atoms with E-state index in [1.54, 1.807) is 12.1 Å². The van der Waals surface area contributed by atoms with E-state index in [4.69, 9.17) is 10.9 Å². The van der Waals surface area contributed by atoms with E-state index in [1.165, 1.54) is 0 Å². The summed E-state index contributed by atoms with van der Waals surface area (Å²) in [4.78, 5) is 11.3. The Bertz CT molecular complexity index is 364. The summed E-state index contributed by atoms with van der Waals surface area (Å²) in [6, 6.07) is 8.75. The van der Waals surface area contributed by atoms with Crippen LogP contribution in [0, 0.1) is 0 Å². The van der Waals surface area contributed by atoms with Gasteiger partial charge in [-0.15, -0.1) is 0 Å². The summed E-state index contributed by atoms with van der Waals surface area (Å²) in [5.74, 6) is 0.0833. The lowest BCUT2D eigenvalue weighted by molar-refractivity contribution is 0.252. The fourth-order valence-corrected chi connectivity index (χ4v) is 1.05. The second kappa shape index (κ2) is 6.28. The number of oxime groups is 1. The molecule has 6 heteroatoms. The summed E-state index contributed by atoms with van der Waals surface area (Å²) in [7, 11) is 0. The van der Waals surface area contributed by atoms with E-state index >= 15 is 0 Å². The first-order valence-electron chi connectivity index (χ1n) is 4.78. The van der Waals surface area contributed by atoms with Crippen LogP contribution in [0.5, 0.6) is 0 Å². The van der Waals surface area contributed by atoms with Gasteiger partial charge in [0.1, 0.15) is 5.84 Å². The molecule has 0 bridgehead atoms. The van der Waals surface area contributed by atoms with Crippen LogP contribution in [0.15, 0.2) is 35.5 Å². The lowest BCUT2D eigenvalue weighted by Gasteiger charge is -2.06. The molecule has 1 rings (SSSR count). The van der Waals surface area contributed by atoms with Crippen molar-refractivity contribution in [2.24, 2.45) is 10.9 Å². The Kier molecular flexibility index (Phi) is 4.65. The zero-order chi connectivity index (χ0) is 11.8. The first kappa shape index (κ1) is 11.8. The lowest BCUT2D eigenvalue weighted by atomic mass is 10.3. The third-order valence-electron chi connectivity index (χ3n) is 1.83. The molecule has 6 nitrogen and oxygen atoms in total. The number of urea groups is 1. The van der Waals surface area contributed by atoms with E-state index in [9.17, 15) is 4.79 Å². The van der Waals surface area contributed by atoms with Crippen molar-refractivity contribution in [3.8, 4) is 0 Å². The zero-order valence-electron chi connectivity index (χ0n) is 8.68. The SMILES string of the molecule is NC(CCNC(=O)Nc1ccccc1)=NO. The molecule has 0 atom stereocenters. The molecular weight excluding hydrogens is 208 g/mol. The molecule has 5 N–H and O–H groups in total. The minimum atomic E-state index is -0.322. The second-order valence-corrected chi connectivity index (χ2v) is 3.09. The van der Waals surface area contributed by atoms with Gasteiger partial charge in [0.25, 0.3) is 0 Å². The Hall–Kier alpha value is -2.24. The number of nitrogens with one attached hydrogen (secondary N) is 2. The van der Waals surface area contributed by atoms with Gasteiger partial charge < -0.3 is 21.6 Å². The highest BCUT2D eigenvalue weighted by Gasteiger charge is 2.00. The number of anilines is 1. The van der Waals surface area contributed by atoms with Crippen molar-refractivity contribution in [2.45, 2.75) is 6.42 Å². The Morgan fingerprint density at radius 1 is 1.38 bits per heavy atom. The molecular formula is C10H14N4O2. The van der Waals surface area contributed by atoms with Gasteiger partial charge in [-0.2, -0.15) is 0 Å². The van der Waals surface area contributed by atoms with E-state index in [-0.39, 0.29) is 11.9 Å². The van der Waals surface area contributed by atoms with Crippen LogP contribution in [0.1, 0.15) is 6.42 Å². The Morgan fingerprint density at radius 2 is 2.06 bits per heavy atom. The lowest BCUT2D eigenvalue weighted by Crippen LogP contribution is -2.31. The first-order chi connectivity index (χ1) is 7.72. The smallest absolute Gasteiger partial charge is 0.319 e. The molecule has 0 aliphatic rings. The fraction of sp³-hybridized carbons (Fsp3) is 0.200. The summed E-state index contributed by atoms with van der Waals surface area (Å²) >= 11 is 0. The highest BCUT2D eigenvalue weighted by molar-refractivity contribution is 5.89. The summed E-state index contributed by atoms with van der Waals surface area (Å²) < 4.78 is 0. The molecule has 0 radical (unpaired) electrons. The largest absolute Gasteiger partial charge is 0.409 e. The van der Waals surface area contributed by atoms with E-state index < -0.39 is 0 Å². The highest BCUT2D eigenvalue weighted by Crippen LogP contribution is 2.03. The molecule has 0 aromatic heterocycles. The number of carbonyl (C=O) groups is 1. The van der Waals surface area contributed by atoms with Crippen LogP contribution in [0.4, 0.5) is 10.5 Å². The molecule has 2 amide bonds. The Morgan fingerprint density at radius 3 is 2.69 bits per heavy atom. The normalized spacial score (nSPS) is 10.9. The zero-order valence-corrected chi connectivity index (χ0v) is 8.68. The molecule has 1 aromatic rings. The topological polar surface area (TPSA) is 99.7 Å². The maximum Gasteiger partial charge on any atom is 0.319 e. The number of rotatable bonds is 4. The number of nitrogens with zero attached hydrogens (tertiary/aromatic N) is 1. The van der Waals surface area contributed by atoms with Crippen molar-refractivity contribution >= 4 is 17.6 Å². The van der Waals surface area contributed by atoms with Gasteiger partial charge in [0.15, 0.2) is 0 Å². The summed E-state index contributed by atoms with van der Waals surface area (Å²) in [5.41, 5.74) is 5.95. The van der Waals surface area contributed by atoms with Crippen molar-refractivity contribution in [1.82, 2.24) is 5.32 Å². The average molecular weight is 222 g/mol. The highest BCUT2D eigenvalue weighted by atomic mass is 16.4. The molecule has 0 fully saturated rings. The van der Waals surface area contributed by atoms with Gasteiger partial charge in [-0.1, -0.05) is 23.4 Å². The van der Waals surface area contributed by atoms with Crippen molar-refractivity contribution < 1.29 is 10.0 Å². The van der Waals surface area contributed by atoms with Gasteiger partial charge >= 0.3 is 6.03 Å². The molecule has 1 aromatic carbocycles. The molecule has 0 unspecified atom stereocenters. The van der Waals surface area contributed by atoms with Crippen LogP contribution in [0.25, 0.3) is 0 Å². The van der Waals surface area contributed by atoms with Gasteiger partial charge in [-0.05, 0) is 12.1 Å². The van der Waals surface area contributed by atoms with Crippen LogP contribution >= 0.6 is 0 Å². The predicted octanol–water partition coefficient (Wildman–Crippen LogP) is 0.945. The van der Waals surface area contributed by atoms with Crippen LogP contribution in [-0.4, -0.2) is 23.6 Å². The van der Waals surface area contributed by atoms with Crippen molar-refractivity contribution in [1.29, 1.82) is 0 Å². The minimum Gasteiger partial charge on any atom is -0.409 e. The van der Waals surface area contributed by atoms with Gasteiger partial charge in [0.05, 0.1) is 0 Å². The predicted molar refractivity (Wildman–Crippen MR) is 61.5 cm³/mol. The quantitative estimate of drug-likeness (QED) is 0.264. The number of para-hydroxylation sites is 1. The van der Waals surface area contributed by atoms with Crippen LogP contribution in [-0.2, 0) is 0 Å². The van der Waals surface area contributed by atoms with Gasteiger partial charge in [-0.25, -0.2) is 4.79 Å². The second-order valence-electron chi connectivity index (χ2n) is 3.09. The van der Waals surface area contributed by atoms with E-state index in [0.29, 0.717) is 18.7 Å². The van der Waals surface area contributed by atoms with Gasteiger partial charge in [0.2, 0.25) is 0 Å². The van der Waals surface area contributed by atoms with Crippen molar-refractivity contribution in [3.63, 3.8) is 0 Å². The number of amidine groups is 1. The molecule has 0 saturated heterocycles. The Balaban J connectivity index is 2.27. The van der Waals surface area contributed by atoms with Gasteiger partial charge in [0, 0.05) is 18.7 Å². The molecule has 0 aliphatic carbocycles. The first-order valence-corrected chi connectivity index (χ1v) is 4.78. The number of amides is 2. The standard InChI is InChI=1S/C10H14N4O2/c11-9(14-16)6-7-12-10(15)13-8-4-2-1-3-5-8/h1-5,16H,6-7H2,(H2,11,14)(H2,12,13,15). The third-order valence-corrected chi connectivity index (χ3v) is 1.83. The molecule has 0 saturated carbocycles. The van der Waals surface area contributed by atoms with Gasteiger partial charge in [-0.3, -0.25) is 0 Å². The maximum absolute atomic E-state index is 11.3. The fourth-order valence-electron chi connectivity index (χ4n) is 1.05. The molecule has 86 valence electrons. The maximum atomic E-state index is 11.3. The average Bonchev–Trinajstić information content (AvgIpc) is 2.30. The number of benzene rings is 1. The number of hydrogen-bond donors (Lipinski definition) is 4. The van der Waals surface area contributed by atoms with Crippen LogP contribution in [0.2, 0.25) is 0 Å². The molecule has 16 heavy (non-hydrogen) atoms. The number of carbonyl (C=O) groups excluding carboxylic acids is 1. The summed E-state index contributed by atoms with van der Waals surface area (Å²) in [6.45, 7) is 0.314. The monoisotopic (exact) mass is 222 g/mol. The third kappa shape index (κ3) is 4.32. The molecule has 0 spiro atoms. The van der Waals surface area contributed by atoms with E-state index in [1.807, 2.05) is 18.2 Å². The summed E-state index contributed by atoms with van der Waals surface area (Å²) in [6.07, 6.45) is 0.304. The summed E-state index contributed by atoms with van der Waals surface area (Å²) in [5, 5.41) is 16.3. The minimum absolute atomic E-state index is 0.0833. The van der Waals surface area contributed by atoms with Crippen LogP contribution < -0.4 is 16.4 Å². The van der Waals surface area contributed by atoms with E-state index in [0.717, 1.165) is 0 Å². The molecule has 0 aliphatic heterocycles. The van der Waals surface area contributed by atoms with Crippen LogP contribution in [0.3, 0.4) is 0 Å². The van der Waals surface area contributed by atoms with E-state index in [2.05, 4.69) is 15.8 Å². The molecule has 0 heterocycles. The van der Waals surface area contributed by atoms with Crippen molar-refractivity contribution in [2.75, 3.05) is 11.9 Å². The number of nitrogens with two attached hydrogens (primary N) is 1.